The predicted molar refractivity (Wildman–Crippen MR) is 52.3 cm³/mol. The molecule has 1 aliphatic heterocycles. The largest absolute Gasteiger partial charge is 0.463 e. The number of aliphatic hydroxyl groups excluding tert-OH is 1. The van der Waals surface area contributed by atoms with Crippen LogP contribution < -0.4 is 0 Å². The number of hydrogen-bond donors (Lipinski definition) is 1. The topological polar surface area (TPSA) is 82.1 Å². The minimum Gasteiger partial charge on any atom is -0.463 e. The monoisotopic (exact) mass is 232 g/mol. The molecule has 0 amide bonds. The van der Waals surface area contributed by atoms with Crippen LogP contribution in [0.25, 0.3) is 0 Å². The lowest BCUT2D eigenvalue weighted by atomic mass is 10.1. The molecule has 16 heavy (non-hydrogen) atoms. The number of ether oxygens (including phenoxy) is 3. The Bertz CT molecular complexity index is 264. The molecule has 6 nitrogen and oxygen atoms in total. The van der Waals surface area contributed by atoms with E-state index in [0.29, 0.717) is 12.8 Å². The van der Waals surface area contributed by atoms with Crippen molar-refractivity contribution in [2.45, 2.75) is 45.2 Å². The van der Waals surface area contributed by atoms with Gasteiger partial charge in [0.2, 0.25) is 0 Å². The van der Waals surface area contributed by atoms with E-state index in [4.69, 9.17) is 14.2 Å². The molecular formula is C10H16O6. The molecule has 92 valence electrons. The standard InChI is InChI=1S/C10H16O6/c1-6(11)14-5-9-8(15-7(2)12)3-4-10(13)16-9/h8-10,13H,3-5H2,1-2H3/t8-,9+,10-/m1/s1. The SMILES string of the molecule is CC(=O)OC[C@@H]1O[C@@H](O)CC[C@H]1OC(C)=O. The number of carbonyl (C=O) groups excluding carboxylic acids is 2. The fourth-order valence-corrected chi connectivity index (χ4v) is 1.54. The first kappa shape index (κ1) is 12.9. The van der Waals surface area contributed by atoms with E-state index in [-0.39, 0.29) is 6.61 Å². The quantitative estimate of drug-likeness (QED) is 0.688. The summed E-state index contributed by atoms with van der Waals surface area (Å²) in [7, 11) is 0. The summed E-state index contributed by atoms with van der Waals surface area (Å²) in [6.07, 6.45) is -1.08. The number of aliphatic hydroxyl groups is 1. The first-order chi connectivity index (χ1) is 7.49. The molecular weight excluding hydrogens is 216 g/mol. The molecule has 0 aromatic rings. The summed E-state index contributed by atoms with van der Waals surface area (Å²) in [5.41, 5.74) is 0. The van der Waals surface area contributed by atoms with E-state index in [1.807, 2.05) is 0 Å². The van der Waals surface area contributed by atoms with Gasteiger partial charge in [0.1, 0.15) is 18.8 Å². The Balaban J connectivity index is 2.50. The summed E-state index contributed by atoms with van der Waals surface area (Å²) in [5.74, 6) is -0.858. The molecule has 1 heterocycles. The van der Waals surface area contributed by atoms with Gasteiger partial charge in [-0.25, -0.2) is 0 Å². The maximum Gasteiger partial charge on any atom is 0.302 e. The molecule has 0 unspecified atom stereocenters. The number of carbonyl (C=O) groups is 2. The van der Waals surface area contributed by atoms with Crippen LogP contribution in [0, 0.1) is 0 Å². The van der Waals surface area contributed by atoms with Gasteiger partial charge in [0.15, 0.2) is 6.29 Å². The van der Waals surface area contributed by atoms with Crippen molar-refractivity contribution in [2.24, 2.45) is 0 Å². The van der Waals surface area contributed by atoms with Crippen LogP contribution in [-0.2, 0) is 23.8 Å². The maximum absolute atomic E-state index is 10.8. The molecule has 1 fully saturated rings. The zero-order valence-corrected chi connectivity index (χ0v) is 9.34. The smallest absolute Gasteiger partial charge is 0.302 e. The van der Waals surface area contributed by atoms with Gasteiger partial charge >= 0.3 is 11.9 Å². The van der Waals surface area contributed by atoms with Crippen LogP contribution in [-0.4, -0.2) is 42.1 Å². The first-order valence-electron chi connectivity index (χ1n) is 5.13. The fraction of sp³-hybridized carbons (Fsp3) is 0.800. The Morgan fingerprint density at radius 1 is 1.31 bits per heavy atom. The van der Waals surface area contributed by atoms with Crippen molar-refractivity contribution in [2.75, 3.05) is 6.61 Å². The lowest BCUT2D eigenvalue weighted by Gasteiger charge is -2.33. The van der Waals surface area contributed by atoms with Gasteiger partial charge < -0.3 is 19.3 Å². The summed E-state index contributed by atoms with van der Waals surface area (Å²) in [4.78, 5) is 21.5. The third-order valence-electron chi connectivity index (χ3n) is 2.21. The van der Waals surface area contributed by atoms with E-state index in [0.717, 1.165) is 0 Å². The Hall–Kier alpha value is -1.14. The lowest BCUT2D eigenvalue weighted by Crippen LogP contribution is -2.44. The molecule has 0 radical (unpaired) electrons. The average molecular weight is 232 g/mol. The van der Waals surface area contributed by atoms with E-state index in [1.54, 1.807) is 0 Å². The first-order valence-corrected chi connectivity index (χ1v) is 5.13. The average Bonchev–Trinajstić information content (AvgIpc) is 2.17. The summed E-state index contributed by atoms with van der Waals surface area (Å²) in [6.45, 7) is 2.55. The summed E-state index contributed by atoms with van der Waals surface area (Å²) in [6, 6.07) is 0. The molecule has 3 atom stereocenters. The second-order valence-electron chi connectivity index (χ2n) is 3.66. The molecule has 0 aliphatic carbocycles. The second-order valence-corrected chi connectivity index (χ2v) is 3.66. The number of esters is 2. The van der Waals surface area contributed by atoms with Gasteiger partial charge in [-0.3, -0.25) is 9.59 Å². The van der Waals surface area contributed by atoms with Crippen LogP contribution in [0.4, 0.5) is 0 Å². The van der Waals surface area contributed by atoms with Gasteiger partial charge in [0.25, 0.3) is 0 Å². The van der Waals surface area contributed by atoms with Gasteiger partial charge in [-0.2, -0.15) is 0 Å². The molecule has 0 spiro atoms. The van der Waals surface area contributed by atoms with Crippen molar-refractivity contribution >= 4 is 11.9 Å². The Morgan fingerprint density at radius 3 is 2.56 bits per heavy atom. The highest BCUT2D eigenvalue weighted by Gasteiger charge is 2.33. The maximum atomic E-state index is 10.8. The normalized spacial score (nSPS) is 29.6. The van der Waals surface area contributed by atoms with Gasteiger partial charge in [-0.05, 0) is 6.42 Å². The van der Waals surface area contributed by atoms with Crippen LogP contribution in [0.3, 0.4) is 0 Å². The number of rotatable bonds is 3. The van der Waals surface area contributed by atoms with Crippen LogP contribution in [0.15, 0.2) is 0 Å². The van der Waals surface area contributed by atoms with Crippen molar-refractivity contribution in [1.82, 2.24) is 0 Å². The van der Waals surface area contributed by atoms with Gasteiger partial charge in [-0.15, -0.1) is 0 Å². The van der Waals surface area contributed by atoms with E-state index >= 15 is 0 Å². The van der Waals surface area contributed by atoms with Crippen molar-refractivity contribution in [1.29, 1.82) is 0 Å². The van der Waals surface area contributed by atoms with E-state index in [1.165, 1.54) is 13.8 Å². The summed E-state index contributed by atoms with van der Waals surface area (Å²) < 4.78 is 14.9. The molecule has 1 saturated heterocycles. The highest BCUT2D eigenvalue weighted by atomic mass is 16.6. The highest BCUT2D eigenvalue weighted by molar-refractivity contribution is 5.66. The minimum absolute atomic E-state index is 0.0235. The molecule has 6 heteroatoms. The number of hydrogen-bond acceptors (Lipinski definition) is 6. The molecule has 0 aromatic carbocycles. The van der Waals surface area contributed by atoms with Crippen molar-refractivity contribution in [3.05, 3.63) is 0 Å². The van der Waals surface area contributed by atoms with Gasteiger partial charge in [0, 0.05) is 20.3 Å². The fourth-order valence-electron chi connectivity index (χ4n) is 1.54. The molecule has 0 saturated carbocycles. The lowest BCUT2D eigenvalue weighted by molar-refractivity contribution is -0.221. The third-order valence-corrected chi connectivity index (χ3v) is 2.21. The van der Waals surface area contributed by atoms with Crippen LogP contribution in [0.5, 0.6) is 0 Å². The third kappa shape index (κ3) is 4.16. The Morgan fingerprint density at radius 2 is 2.00 bits per heavy atom. The van der Waals surface area contributed by atoms with Crippen molar-refractivity contribution in [3.8, 4) is 0 Å². The summed E-state index contributed by atoms with van der Waals surface area (Å²) in [5, 5.41) is 9.29. The van der Waals surface area contributed by atoms with Crippen LogP contribution in [0.1, 0.15) is 26.7 Å². The molecule has 0 aromatic heterocycles. The minimum atomic E-state index is -0.896. The Labute approximate surface area is 93.5 Å². The van der Waals surface area contributed by atoms with Gasteiger partial charge in [-0.1, -0.05) is 0 Å². The highest BCUT2D eigenvalue weighted by Crippen LogP contribution is 2.21. The zero-order valence-electron chi connectivity index (χ0n) is 9.34. The van der Waals surface area contributed by atoms with E-state index < -0.39 is 30.4 Å². The van der Waals surface area contributed by atoms with Crippen LogP contribution in [0.2, 0.25) is 0 Å². The molecule has 1 N–H and O–H groups in total. The molecule has 0 bridgehead atoms. The van der Waals surface area contributed by atoms with E-state index in [2.05, 4.69) is 0 Å². The molecule has 1 aliphatic rings. The molecule has 1 rings (SSSR count). The van der Waals surface area contributed by atoms with Crippen molar-refractivity contribution in [3.63, 3.8) is 0 Å². The second kappa shape index (κ2) is 5.81. The van der Waals surface area contributed by atoms with Crippen molar-refractivity contribution < 1.29 is 28.9 Å². The zero-order chi connectivity index (χ0) is 12.1. The Kier molecular flexibility index (Phi) is 4.70. The van der Waals surface area contributed by atoms with Crippen LogP contribution >= 0.6 is 0 Å². The predicted octanol–water partition coefficient (Wildman–Crippen LogP) is -0.0214. The van der Waals surface area contributed by atoms with E-state index in [9.17, 15) is 14.7 Å². The van der Waals surface area contributed by atoms with Gasteiger partial charge in [0.05, 0.1) is 0 Å². The summed E-state index contributed by atoms with van der Waals surface area (Å²) >= 11 is 0.